The Kier molecular flexibility index (Phi) is 6.10. The lowest BCUT2D eigenvalue weighted by molar-refractivity contribution is 0.374. The number of ether oxygens (including phenoxy) is 1. The van der Waals surface area contributed by atoms with Crippen molar-refractivity contribution in [3.05, 3.63) is 28.8 Å². The molecule has 1 N–H and O–H groups in total. The highest BCUT2D eigenvalue weighted by Crippen LogP contribution is 2.39. The zero-order valence-electron chi connectivity index (χ0n) is 14.2. The summed E-state index contributed by atoms with van der Waals surface area (Å²) in [6, 6.07) is 5.16. The number of methoxy groups -OCH3 is 1. The van der Waals surface area contributed by atoms with Crippen molar-refractivity contribution >= 4 is 0 Å². The van der Waals surface area contributed by atoms with Crippen LogP contribution in [0.4, 0.5) is 0 Å². The molecule has 0 amide bonds. The molecule has 0 saturated heterocycles. The Morgan fingerprint density at radius 2 is 1.90 bits per heavy atom. The van der Waals surface area contributed by atoms with Gasteiger partial charge in [0.2, 0.25) is 0 Å². The highest BCUT2D eigenvalue weighted by molar-refractivity contribution is 5.47. The lowest BCUT2D eigenvalue weighted by atomic mass is 9.85. The highest BCUT2D eigenvalue weighted by atomic mass is 16.5. The van der Waals surface area contributed by atoms with Crippen LogP contribution in [0.1, 0.15) is 68.1 Å². The molecule has 2 heteroatoms. The summed E-state index contributed by atoms with van der Waals surface area (Å²) in [7, 11) is 1.82. The highest BCUT2D eigenvalue weighted by Gasteiger charge is 2.27. The van der Waals surface area contributed by atoms with E-state index in [9.17, 15) is 0 Å². The summed E-state index contributed by atoms with van der Waals surface area (Å²) in [5.74, 6) is 1.71. The molecule has 2 nitrogen and oxygen atoms in total. The van der Waals surface area contributed by atoms with E-state index in [-0.39, 0.29) is 0 Å². The Bertz CT molecular complexity index is 455. The van der Waals surface area contributed by atoms with E-state index in [0.29, 0.717) is 12.0 Å². The van der Waals surface area contributed by atoms with Gasteiger partial charge in [-0.2, -0.15) is 0 Å². The first-order valence-electron chi connectivity index (χ1n) is 8.56. The minimum absolute atomic E-state index is 0.591. The van der Waals surface area contributed by atoms with Gasteiger partial charge in [-0.25, -0.2) is 0 Å². The molecule has 118 valence electrons. The predicted octanol–water partition coefficient (Wildman–Crippen LogP) is 4.73. The fourth-order valence-electron chi connectivity index (χ4n) is 3.63. The maximum atomic E-state index is 5.78. The molecule has 2 unspecified atom stereocenters. The number of nitrogens with one attached hydrogen (secondary N) is 1. The Labute approximate surface area is 130 Å². The van der Waals surface area contributed by atoms with Crippen LogP contribution in [-0.2, 0) is 0 Å². The van der Waals surface area contributed by atoms with Crippen LogP contribution < -0.4 is 10.1 Å². The van der Waals surface area contributed by atoms with Gasteiger partial charge in [-0.1, -0.05) is 38.3 Å². The SMILES string of the molecule is CCCNC1CCCCCC1c1ccc(C)c(C)c1OC. The fraction of sp³-hybridized carbons (Fsp3) is 0.684. The van der Waals surface area contributed by atoms with Crippen LogP contribution in [0.5, 0.6) is 5.75 Å². The van der Waals surface area contributed by atoms with Crippen molar-refractivity contribution in [1.29, 1.82) is 0 Å². The molecule has 2 atom stereocenters. The van der Waals surface area contributed by atoms with Crippen molar-refractivity contribution in [2.24, 2.45) is 0 Å². The van der Waals surface area contributed by atoms with Gasteiger partial charge in [0, 0.05) is 12.0 Å². The molecular weight excluding hydrogens is 258 g/mol. The van der Waals surface area contributed by atoms with Crippen LogP contribution in [0, 0.1) is 13.8 Å². The van der Waals surface area contributed by atoms with Crippen LogP contribution in [-0.4, -0.2) is 19.7 Å². The standard InChI is InChI=1S/C19H31NO/c1-5-13-20-18-10-8-6-7-9-16(18)17-12-11-14(2)15(3)19(17)21-4/h11-12,16,18,20H,5-10,13H2,1-4H3. The van der Waals surface area contributed by atoms with Crippen molar-refractivity contribution < 1.29 is 4.74 Å². The van der Waals surface area contributed by atoms with E-state index in [1.807, 2.05) is 7.11 Å². The van der Waals surface area contributed by atoms with Crippen LogP contribution in [0.25, 0.3) is 0 Å². The second kappa shape index (κ2) is 7.84. The molecule has 0 aliphatic heterocycles. The Balaban J connectivity index is 2.33. The zero-order chi connectivity index (χ0) is 15.2. The van der Waals surface area contributed by atoms with Crippen LogP contribution in [0.3, 0.4) is 0 Å². The van der Waals surface area contributed by atoms with Crippen molar-refractivity contribution in [3.8, 4) is 5.75 Å². The van der Waals surface area contributed by atoms with Gasteiger partial charge in [0.25, 0.3) is 0 Å². The summed E-state index contributed by atoms with van der Waals surface area (Å²) >= 11 is 0. The van der Waals surface area contributed by atoms with Crippen LogP contribution >= 0.6 is 0 Å². The van der Waals surface area contributed by atoms with Gasteiger partial charge in [0.15, 0.2) is 0 Å². The minimum Gasteiger partial charge on any atom is -0.496 e. The average Bonchev–Trinajstić information content (AvgIpc) is 2.73. The normalized spacial score (nSPS) is 22.9. The maximum absolute atomic E-state index is 5.78. The molecule has 0 spiro atoms. The molecule has 1 fully saturated rings. The molecule has 1 aromatic rings. The first-order valence-corrected chi connectivity index (χ1v) is 8.56. The number of benzene rings is 1. The summed E-state index contributed by atoms with van der Waals surface area (Å²) in [5.41, 5.74) is 4.03. The largest absolute Gasteiger partial charge is 0.496 e. The topological polar surface area (TPSA) is 21.3 Å². The van der Waals surface area contributed by atoms with Gasteiger partial charge in [-0.15, -0.1) is 0 Å². The van der Waals surface area contributed by atoms with Crippen molar-refractivity contribution in [3.63, 3.8) is 0 Å². The maximum Gasteiger partial charge on any atom is 0.125 e. The van der Waals surface area contributed by atoms with Gasteiger partial charge < -0.3 is 10.1 Å². The van der Waals surface area contributed by atoms with E-state index in [1.165, 1.54) is 55.2 Å². The molecule has 0 aromatic heterocycles. The van der Waals surface area contributed by atoms with Crippen molar-refractivity contribution in [1.82, 2.24) is 5.32 Å². The monoisotopic (exact) mass is 289 g/mol. The van der Waals surface area contributed by atoms with E-state index in [1.54, 1.807) is 0 Å². The minimum atomic E-state index is 0.591. The lowest BCUT2D eigenvalue weighted by Gasteiger charge is -2.29. The summed E-state index contributed by atoms with van der Waals surface area (Å²) < 4.78 is 5.78. The number of hydrogen-bond donors (Lipinski definition) is 1. The van der Waals surface area contributed by atoms with Gasteiger partial charge in [-0.3, -0.25) is 0 Å². The first-order chi connectivity index (χ1) is 10.2. The second-order valence-corrected chi connectivity index (χ2v) is 6.44. The molecule has 1 aliphatic rings. The third-order valence-corrected chi connectivity index (χ3v) is 4.98. The molecule has 2 rings (SSSR count). The quantitative estimate of drug-likeness (QED) is 0.791. The second-order valence-electron chi connectivity index (χ2n) is 6.44. The average molecular weight is 289 g/mol. The molecule has 0 bridgehead atoms. The third kappa shape index (κ3) is 3.79. The Morgan fingerprint density at radius 3 is 2.62 bits per heavy atom. The van der Waals surface area contributed by atoms with E-state index in [4.69, 9.17) is 4.74 Å². The zero-order valence-corrected chi connectivity index (χ0v) is 14.2. The fourth-order valence-corrected chi connectivity index (χ4v) is 3.63. The third-order valence-electron chi connectivity index (χ3n) is 4.98. The van der Waals surface area contributed by atoms with E-state index in [2.05, 4.69) is 38.2 Å². The number of aryl methyl sites for hydroxylation is 1. The van der Waals surface area contributed by atoms with Crippen LogP contribution in [0.2, 0.25) is 0 Å². The van der Waals surface area contributed by atoms with Gasteiger partial charge in [0.05, 0.1) is 7.11 Å². The molecule has 1 aliphatic carbocycles. The van der Waals surface area contributed by atoms with Gasteiger partial charge in [0.1, 0.15) is 5.75 Å². The molecule has 0 radical (unpaired) electrons. The summed E-state index contributed by atoms with van der Waals surface area (Å²) in [4.78, 5) is 0. The number of rotatable bonds is 5. The molecule has 1 aromatic carbocycles. The molecule has 21 heavy (non-hydrogen) atoms. The Morgan fingerprint density at radius 1 is 1.14 bits per heavy atom. The van der Waals surface area contributed by atoms with Crippen molar-refractivity contribution in [2.45, 2.75) is 71.3 Å². The summed E-state index contributed by atoms with van der Waals surface area (Å²) in [6.07, 6.45) is 7.83. The predicted molar refractivity (Wildman–Crippen MR) is 90.4 cm³/mol. The smallest absolute Gasteiger partial charge is 0.125 e. The van der Waals surface area contributed by atoms with Gasteiger partial charge >= 0.3 is 0 Å². The Hall–Kier alpha value is -1.02. The van der Waals surface area contributed by atoms with E-state index < -0.39 is 0 Å². The van der Waals surface area contributed by atoms with Crippen molar-refractivity contribution in [2.75, 3.05) is 13.7 Å². The summed E-state index contributed by atoms with van der Waals surface area (Å²) in [6.45, 7) is 7.72. The number of hydrogen-bond acceptors (Lipinski definition) is 2. The summed E-state index contributed by atoms with van der Waals surface area (Å²) in [5, 5.41) is 3.79. The first kappa shape index (κ1) is 16.4. The molecule has 0 heterocycles. The lowest BCUT2D eigenvalue weighted by Crippen LogP contribution is -2.35. The molecular formula is C19H31NO. The van der Waals surface area contributed by atoms with E-state index >= 15 is 0 Å². The van der Waals surface area contributed by atoms with E-state index in [0.717, 1.165) is 12.3 Å². The van der Waals surface area contributed by atoms with Gasteiger partial charge in [-0.05, 0) is 56.3 Å². The molecule has 1 saturated carbocycles. The van der Waals surface area contributed by atoms with Crippen LogP contribution in [0.15, 0.2) is 12.1 Å².